The second-order valence-electron chi connectivity index (χ2n) is 13.7. The van der Waals surface area contributed by atoms with Gasteiger partial charge in [-0.25, -0.2) is 0 Å². The molecule has 1 aliphatic heterocycles. The molecule has 7 atom stereocenters. The Balaban J connectivity index is 2.47. The molecule has 7 unspecified atom stereocenters. The van der Waals surface area contributed by atoms with E-state index >= 15 is 0 Å². The highest BCUT2D eigenvalue weighted by Gasteiger charge is 2.44. The number of allylic oxidation sites excluding steroid dienone is 5. The molecule has 49 heavy (non-hydrogen) atoms. The third-order valence-electron chi connectivity index (χ3n) is 9.19. The molecule has 1 aliphatic rings. The van der Waals surface area contributed by atoms with Gasteiger partial charge in [0.05, 0.1) is 25.4 Å². The fourth-order valence-electron chi connectivity index (χ4n) is 5.91. The predicted octanol–water partition coefficient (Wildman–Crippen LogP) is 6.94. The molecule has 0 saturated carbocycles. The number of carbonyl (C=O) groups is 1. The van der Waals surface area contributed by atoms with Crippen molar-refractivity contribution < 1.29 is 39.8 Å². The molecule has 6 N–H and O–H groups in total. The van der Waals surface area contributed by atoms with Crippen LogP contribution in [0, 0.1) is 0 Å². The van der Waals surface area contributed by atoms with Crippen molar-refractivity contribution in [2.45, 2.75) is 198 Å². The number of hydrogen-bond acceptors (Lipinski definition) is 8. The Morgan fingerprint density at radius 1 is 0.673 bits per heavy atom. The standard InChI is InChI=1S/C40H73NO8/c1-3-5-7-9-11-13-15-16-17-18-19-20-21-23-25-27-29-34(43)33(32-48-40-39(47)38(46)37(45)35(31-42)49-40)41-36(44)30-28-26-24-22-14-12-10-8-6-4-2/h10,12,20-21,27,29,33-35,37-40,42-43,45-47H,3-9,11,13-19,22-26,28,30-32H2,1-2H3,(H,41,44)/b12-10-,21-20+,29-27+. The van der Waals surface area contributed by atoms with Crippen LogP contribution in [-0.4, -0.2) is 87.5 Å². The normalized spacial score (nSPS) is 22.8. The largest absolute Gasteiger partial charge is 0.394 e. The van der Waals surface area contributed by atoms with Gasteiger partial charge in [0.25, 0.3) is 0 Å². The Bertz CT molecular complexity index is 863. The van der Waals surface area contributed by atoms with Gasteiger partial charge >= 0.3 is 0 Å². The molecule has 0 aromatic carbocycles. The van der Waals surface area contributed by atoms with Crippen molar-refractivity contribution in [1.82, 2.24) is 5.32 Å². The van der Waals surface area contributed by atoms with E-state index in [1.54, 1.807) is 6.08 Å². The second-order valence-corrected chi connectivity index (χ2v) is 13.7. The molecule has 0 spiro atoms. The van der Waals surface area contributed by atoms with Gasteiger partial charge in [0, 0.05) is 6.42 Å². The fourth-order valence-corrected chi connectivity index (χ4v) is 5.91. The number of ether oxygens (including phenoxy) is 2. The summed E-state index contributed by atoms with van der Waals surface area (Å²) in [5.41, 5.74) is 0. The van der Waals surface area contributed by atoms with E-state index in [1.165, 1.54) is 77.0 Å². The molecule has 0 bridgehead atoms. The molecule has 0 radical (unpaired) electrons. The van der Waals surface area contributed by atoms with Crippen LogP contribution in [0.2, 0.25) is 0 Å². The molecule has 1 saturated heterocycles. The highest BCUT2D eigenvalue weighted by molar-refractivity contribution is 5.76. The van der Waals surface area contributed by atoms with Crippen molar-refractivity contribution in [3.05, 3.63) is 36.5 Å². The summed E-state index contributed by atoms with van der Waals surface area (Å²) in [5.74, 6) is -0.204. The zero-order chi connectivity index (χ0) is 36.0. The van der Waals surface area contributed by atoms with E-state index in [0.29, 0.717) is 6.42 Å². The third-order valence-corrected chi connectivity index (χ3v) is 9.19. The van der Waals surface area contributed by atoms with Gasteiger partial charge < -0.3 is 40.3 Å². The fraction of sp³-hybridized carbons (Fsp3) is 0.825. The minimum atomic E-state index is -1.57. The Kier molecular flexibility index (Phi) is 28.9. The van der Waals surface area contributed by atoms with Crippen molar-refractivity contribution in [1.29, 1.82) is 0 Å². The van der Waals surface area contributed by atoms with Gasteiger partial charge in [-0.05, 0) is 51.4 Å². The number of aliphatic hydroxyl groups excluding tert-OH is 5. The lowest BCUT2D eigenvalue weighted by atomic mass is 9.99. The Morgan fingerprint density at radius 2 is 1.18 bits per heavy atom. The first kappa shape index (κ1) is 45.4. The smallest absolute Gasteiger partial charge is 0.220 e. The molecule has 9 heteroatoms. The molecule has 0 aromatic rings. The molecule has 1 amide bonds. The molecule has 9 nitrogen and oxygen atoms in total. The predicted molar refractivity (Wildman–Crippen MR) is 198 cm³/mol. The quantitative estimate of drug-likeness (QED) is 0.0338. The number of unbranched alkanes of at least 4 members (excludes halogenated alkanes) is 17. The minimum absolute atomic E-state index is 0.204. The molecule has 0 aromatic heterocycles. The monoisotopic (exact) mass is 696 g/mol. The Morgan fingerprint density at radius 3 is 1.78 bits per heavy atom. The summed E-state index contributed by atoms with van der Waals surface area (Å²) in [7, 11) is 0. The van der Waals surface area contributed by atoms with Gasteiger partial charge in [-0.2, -0.15) is 0 Å². The van der Waals surface area contributed by atoms with E-state index in [4.69, 9.17) is 9.47 Å². The van der Waals surface area contributed by atoms with Crippen LogP contribution < -0.4 is 5.32 Å². The van der Waals surface area contributed by atoms with Gasteiger partial charge in [-0.1, -0.05) is 134 Å². The molecule has 1 rings (SSSR count). The third kappa shape index (κ3) is 22.8. The van der Waals surface area contributed by atoms with Crippen LogP contribution in [0.5, 0.6) is 0 Å². The first-order valence-corrected chi connectivity index (χ1v) is 19.7. The van der Waals surface area contributed by atoms with Crippen molar-refractivity contribution >= 4 is 5.91 Å². The van der Waals surface area contributed by atoms with E-state index in [9.17, 15) is 30.3 Å². The van der Waals surface area contributed by atoms with Gasteiger partial charge in [0.2, 0.25) is 5.91 Å². The maximum atomic E-state index is 12.8. The summed E-state index contributed by atoms with van der Waals surface area (Å²) >= 11 is 0. The average molecular weight is 696 g/mol. The Hall–Kier alpha value is -1.59. The van der Waals surface area contributed by atoms with Crippen LogP contribution in [0.3, 0.4) is 0 Å². The van der Waals surface area contributed by atoms with E-state index in [2.05, 4.69) is 43.5 Å². The van der Waals surface area contributed by atoms with Crippen LogP contribution in [0.15, 0.2) is 36.5 Å². The number of amides is 1. The number of nitrogens with one attached hydrogen (secondary N) is 1. The van der Waals surface area contributed by atoms with E-state index < -0.39 is 49.5 Å². The highest BCUT2D eigenvalue weighted by Crippen LogP contribution is 2.22. The molecule has 0 aliphatic carbocycles. The number of hydrogen-bond donors (Lipinski definition) is 6. The molecular formula is C40H73NO8. The van der Waals surface area contributed by atoms with Crippen molar-refractivity contribution in [3.63, 3.8) is 0 Å². The summed E-state index contributed by atoms with van der Waals surface area (Å²) in [6.45, 7) is 3.67. The SMILES string of the molecule is CCCC/C=C\CCCCCCC(=O)NC(COC1OC(CO)C(O)C(O)C1O)C(O)/C=C/CC/C=C/CCCCCCCCCCCC. The van der Waals surface area contributed by atoms with Crippen molar-refractivity contribution in [3.8, 4) is 0 Å². The van der Waals surface area contributed by atoms with E-state index in [1.807, 2.05) is 6.08 Å². The van der Waals surface area contributed by atoms with Gasteiger partial charge in [0.15, 0.2) is 6.29 Å². The van der Waals surface area contributed by atoms with Crippen molar-refractivity contribution in [2.75, 3.05) is 13.2 Å². The van der Waals surface area contributed by atoms with Crippen molar-refractivity contribution in [2.24, 2.45) is 0 Å². The summed E-state index contributed by atoms with van der Waals surface area (Å²) in [6, 6.07) is -0.823. The first-order chi connectivity index (χ1) is 23.8. The number of aliphatic hydroxyl groups is 5. The molecule has 286 valence electrons. The second kappa shape index (κ2) is 31.2. The molecule has 1 fully saturated rings. The lowest BCUT2D eigenvalue weighted by Gasteiger charge is -2.40. The number of carbonyl (C=O) groups excluding carboxylic acids is 1. The lowest BCUT2D eigenvalue weighted by Crippen LogP contribution is -2.60. The maximum Gasteiger partial charge on any atom is 0.220 e. The van der Waals surface area contributed by atoms with Crippen LogP contribution in [0.4, 0.5) is 0 Å². The van der Waals surface area contributed by atoms with Gasteiger partial charge in [-0.3, -0.25) is 4.79 Å². The average Bonchev–Trinajstić information content (AvgIpc) is 3.10. The zero-order valence-electron chi connectivity index (χ0n) is 30.9. The topological polar surface area (TPSA) is 149 Å². The van der Waals surface area contributed by atoms with E-state index in [-0.39, 0.29) is 12.5 Å². The summed E-state index contributed by atoms with van der Waals surface area (Å²) in [5, 5.41) is 53.8. The molecular weight excluding hydrogens is 622 g/mol. The highest BCUT2D eigenvalue weighted by atomic mass is 16.7. The van der Waals surface area contributed by atoms with Gasteiger partial charge in [0.1, 0.15) is 24.4 Å². The van der Waals surface area contributed by atoms with Crippen LogP contribution >= 0.6 is 0 Å². The number of rotatable bonds is 31. The van der Waals surface area contributed by atoms with E-state index in [0.717, 1.165) is 57.8 Å². The maximum absolute atomic E-state index is 12.8. The van der Waals surface area contributed by atoms with Gasteiger partial charge in [-0.15, -0.1) is 0 Å². The van der Waals surface area contributed by atoms with Crippen LogP contribution in [-0.2, 0) is 14.3 Å². The molecule has 1 heterocycles. The first-order valence-electron chi connectivity index (χ1n) is 19.7. The summed E-state index contributed by atoms with van der Waals surface area (Å²) in [4.78, 5) is 12.8. The summed E-state index contributed by atoms with van der Waals surface area (Å²) in [6.07, 6.45) is 29.1. The minimum Gasteiger partial charge on any atom is -0.394 e. The zero-order valence-corrected chi connectivity index (χ0v) is 30.9. The van der Waals surface area contributed by atoms with Crippen LogP contribution in [0.1, 0.15) is 155 Å². The Labute approximate surface area is 298 Å². The summed E-state index contributed by atoms with van der Waals surface area (Å²) < 4.78 is 11.1. The lowest BCUT2D eigenvalue weighted by molar-refractivity contribution is -0.302. The van der Waals surface area contributed by atoms with Crippen LogP contribution in [0.25, 0.3) is 0 Å².